The molecule has 2 aliphatic rings. The van der Waals surface area contributed by atoms with Crippen molar-refractivity contribution in [3.8, 4) is 0 Å². The maximum Gasteiger partial charge on any atom is 0.238 e. The van der Waals surface area contributed by atoms with Crippen molar-refractivity contribution >= 4 is 35.0 Å². The molecule has 2 heterocycles. The zero-order valence-corrected chi connectivity index (χ0v) is 22.6. The predicted molar refractivity (Wildman–Crippen MR) is 146 cm³/mol. The second-order valence-electron chi connectivity index (χ2n) is 9.96. The smallest absolute Gasteiger partial charge is 0.238 e. The molecule has 1 atom stereocenters. The summed E-state index contributed by atoms with van der Waals surface area (Å²) in [6.07, 6.45) is 2.79. The van der Waals surface area contributed by atoms with Crippen molar-refractivity contribution in [1.29, 1.82) is 0 Å². The van der Waals surface area contributed by atoms with Crippen LogP contribution in [0.3, 0.4) is 0 Å². The number of likely N-dealkylation sites (tertiary alicyclic amines) is 1. The fourth-order valence-corrected chi connectivity index (χ4v) is 5.42. The number of nitrogens with zero attached hydrogens (tertiary/aromatic N) is 3. The first-order valence-electron chi connectivity index (χ1n) is 13.3. The van der Waals surface area contributed by atoms with Crippen LogP contribution < -0.4 is 5.32 Å². The Hall–Kier alpha value is -2.90. The third-order valence-electron chi connectivity index (χ3n) is 7.38. The summed E-state index contributed by atoms with van der Waals surface area (Å²) < 4.78 is 0. The summed E-state index contributed by atoms with van der Waals surface area (Å²) in [6.45, 7) is 8.06. The lowest BCUT2D eigenvalue weighted by Gasteiger charge is -2.24. The van der Waals surface area contributed by atoms with E-state index in [4.69, 9.17) is 11.6 Å². The summed E-state index contributed by atoms with van der Waals surface area (Å²) >= 11 is 5.96. The molecule has 7 nitrogen and oxygen atoms in total. The van der Waals surface area contributed by atoms with Crippen molar-refractivity contribution < 1.29 is 14.4 Å². The predicted octanol–water partition coefficient (Wildman–Crippen LogP) is 3.99. The van der Waals surface area contributed by atoms with E-state index in [9.17, 15) is 14.4 Å². The minimum atomic E-state index is -0.312. The molecule has 0 aromatic heterocycles. The molecule has 1 unspecified atom stereocenters. The molecular weight excluding hydrogens is 488 g/mol. The van der Waals surface area contributed by atoms with Crippen LogP contribution in [0.4, 0.5) is 5.69 Å². The first kappa shape index (κ1) is 27.1. The minimum Gasteiger partial charge on any atom is -0.341 e. The van der Waals surface area contributed by atoms with Gasteiger partial charge in [0.2, 0.25) is 17.7 Å². The highest BCUT2D eigenvalue weighted by molar-refractivity contribution is 6.30. The molecule has 0 saturated carbocycles. The molecule has 2 fully saturated rings. The van der Waals surface area contributed by atoms with E-state index < -0.39 is 0 Å². The van der Waals surface area contributed by atoms with Gasteiger partial charge in [0.1, 0.15) is 0 Å². The van der Waals surface area contributed by atoms with Gasteiger partial charge in [0.15, 0.2) is 0 Å². The lowest BCUT2D eigenvalue weighted by molar-refractivity contribution is -0.135. The fraction of sp³-hybridized carbons (Fsp3) is 0.483. The lowest BCUT2D eigenvalue weighted by Crippen LogP contribution is -2.41. The van der Waals surface area contributed by atoms with E-state index in [-0.39, 0.29) is 30.1 Å². The van der Waals surface area contributed by atoms with Crippen molar-refractivity contribution in [3.63, 3.8) is 0 Å². The van der Waals surface area contributed by atoms with Crippen LogP contribution in [0.5, 0.6) is 0 Å². The molecule has 0 bridgehead atoms. The molecule has 2 saturated heterocycles. The Morgan fingerprint density at radius 3 is 2.35 bits per heavy atom. The lowest BCUT2D eigenvalue weighted by atomic mass is 10.0. The zero-order valence-electron chi connectivity index (χ0n) is 21.8. The van der Waals surface area contributed by atoms with Gasteiger partial charge in [0.25, 0.3) is 0 Å². The molecule has 2 aromatic rings. The molecular formula is C29H37ClN4O3. The molecule has 3 amide bonds. The minimum absolute atomic E-state index is 0.0141. The number of anilines is 1. The van der Waals surface area contributed by atoms with Gasteiger partial charge in [-0.2, -0.15) is 0 Å². The second-order valence-corrected chi connectivity index (χ2v) is 10.4. The van der Waals surface area contributed by atoms with Gasteiger partial charge in [-0.15, -0.1) is 0 Å². The molecule has 0 aliphatic carbocycles. The van der Waals surface area contributed by atoms with Crippen LogP contribution in [0.2, 0.25) is 5.02 Å². The number of rotatable bonds is 8. The van der Waals surface area contributed by atoms with Crippen LogP contribution >= 0.6 is 11.6 Å². The van der Waals surface area contributed by atoms with Gasteiger partial charge >= 0.3 is 0 Å². The van der Waals surface area contributed by atoms with Gasteiger partial charge in [-0.3, -0.25) is 19.3 Å². The van der Waals surface area contributed by atoms with Crippen molar-refractivity contribution in [3.05, 3.63) is 64.2 Å². The molecule has 2 aromatic carbocycles. The third kappa shape index (κ3) is 6.90. The highest BCUT2D eigenvalue weighted by Gasteiger charge is 2.37. The maximum atomic E-state index is 13.3. The van der Waals surface area contributed by atoms with E-state index >= 15 is 0 Å². The van der Waals surface area contributed by atoms with E-state index in [1.165, 1.54) is 0 Å². The van der Waals surface area contributed by atoms with Crippen molar-refractivity contribution in [1.82, 2.24) is 14.7 Å². The molecule has 198 valence electrons. The second kappa shape index (κ2) is 12.6. The zero-order chi connectivity index (χ0) is 26.4. The van der Waals surface area contributed by atoms with Crippen LogP contribution in [0, 0.1) is 5.92 Å². The van der Waals surface area contributed by atoms with Gasteiger partial charge in [-0.05, 0) is 48.1 Å². The first-order chi connectivity index (χ1) is 17.9. The molecule has 2 aliphatic heterocycles. The molecule has 8 heteroatoms. The van der Waals surface area contributed by atoms with Crippen molar-refractivity contribution in [2.75, 3.05) is 44.6 Å². The average Bonchev–Trinajstić information content (AvgIpc) is 3.10. The number of hydrogen-bond donors (Lipinski definition) is 1. The molecule has 37 heavy (non-hydrogen) atoms. The van der Waals surface area contributed by atoms with Gasteiger partial charge in [-0.25, -0.2) is 0 Å². The Morgan fingerprint density at radius 1 is 0.973 bits per heavy atom. The quantitative estimate of drug-likeness (QED) is 0.567. The summed E-state index contributed by atoms with van der Waals surface area (Å²) in [5.74, 6) is -0.273. The van der Waals surface area contributed by atoms with Gasteiger partial charge < -0.3 is 15.1 Å². The Labute approximate surface area is 224 Å². The summed E-state index contributed by atoms with van der Waals surface area (Å²) in [7, 11) is 0. The fourth-order valence-electron chi connectivity index (χ4n) is 5.29. The number of carbonyl (C=O) groups is 3. The summed E-state index contributed by atoms with van der Waals surface area (Å²) in [5.41, 5.74) is 4.24. The third-order valence-corrected chi connectivity index (χ3v) is 7.63. The average molecular weight is 525 g/mol. The van der Waals surface area contributed by atoms with E-state index in [0.29, 0.717) is 44.3 Å². The first-order valence-corrected chi connectivity index (χ1v) is 13.7. The topological polar surface area (TPSA) is 73.0 Å². The van der Waals surface area contributed by atoms with Crippen LogP contribution in [-0.2, 0) is 33.8 Å². The number of nitrogens with one attached hydrogen (secondary N) is 1. The Balaban J connectivity index is 1.29. The molecule has 4 rings (SSSR count). The van der Waals surface area contributed by atoms with Gasteiger partial charge in [0.05, 0.1) is 12.5 Å². The molecule has 0 radical (unpaired) electrons. The molecule has 1 N–H and O–H groups in total. The largest absolute Gasteiger partial charge is 0.341 e. The normalized spacial score (nSPS) is 18.7. The van der Waals surface area contributed by atoms with Gasteiger partial charge in [0, 0.05) is 56.4 Å². The van der Waals surface area contributed by atoms with E-state index in [1.54, 1.807) is 4.90 Å². The van der Waals surface area contributed by atoms with E-state index in [0.717, 1.165) is 48.2 Å². The van der Waals surface area contributed by atoms with Crippen LogP contribution in [0.25, 0.3) is 0 Å². The monoisotopic (exact) mass is 524 g/mol. The summed E-state index contributed by atoms with van der Waals surface area (Å²) in [6, 6.07) is 13.6. The number of benzene rings is 2. The van der Waals surface area contributed by atoms with Gasteiger partial charge in [-0.1, -0.05) is 55.8 Å². The standard InChI is InChI=1S/C29H37ClN4O3/c1-3-22-7-5-8-23(4-2)28(22)31-26(35)20-32-13-6-14-33(16-15-32)29(37)24-17-27(36)34(19-24)18-21-9-11-25(30)12-10-21/h5,7-12,24H,3-4,6,13-20H2,1-2H3,(H,31,35). The number of amides is 3. The Bertz CT molecular complexity index is 1100. The maximum absolute atomic E-state index is 13.3. The number of aryl methyl sites for hydroxylation is 2. The number of carbonyl (C=O) groups excluding carboxylic acids is 3. The number of para-hydroxylation sites is 1. The molecule has 0 spiro atoms. The van der Waals surface area contributed by atoms with E-state index in [2.05, 4.69) is 36.2 Å². The van der Waals surface area contributed by atoms with Crippen LogP contribution in [-0.4, -0.2) is 71.7 Å². The summed E-state index contributed by atoms with van der Waals surface area (Å²) in [5, 5.41) is 3.81. The highest BCUT2D eigenvalue weighted by Crippen LogP contribution is 2.24. The number of halogens is 1. The van der Waals surface area contributed by atoms with E-state index in [1.807, 2.05) is 35.2 Å². The highest BCUT2D eigenvalue weighted by atomic mass is 35.5. The SMILES string of the molecule is CCc1cccc(CC)c1NC(=O)CN1CCCN(C(=O)C2CC(=O)N(Cc3ccc(Cl)cc3)C2)CC1. The Kier molecular flexibility index (Phi) is 9.22. The van der Waals surface area contributed by atoms with Crippen LogP contribution in [0.1, 0.15) is 43.4 Å². The van der Waals surface area contributed by atoms with Crippen molar-refractivity contribution in [2.45, 2.75) is 46.1 Å². The summed E-state index contributed by atoms with van der Waals surface area (Å²) in [4.78, 5) is 44.6. The number of hydrogen-bond acceptors (Lipinski definition) is 4. The Morgan fingerprint density at radius 2 is 1.68 bits per heavy atom. The van der Waals surface area contributed by atoms with Crippen LogP contribution in [0.15, 0.2) is 42.5 Å². The van der Waals surface area contributed by atoms with Crippen molar-refractivity contribution in [2.24, 2.45) is 5.92 Å².